The molecule has 6 rings (SSSR count). The number of ether oxygens (including phenoxy) is 1. The molecule has 216 valence electrons. The quantitative estimate of drug-likeness (QED) is 0.447. The topological polar surface area (TPSA) is 121 Å². The number of aromatic nitrogens is 1. The van der Waals surface area contributed by atoms with Crippen LogP contribution in [0.25, 0.3) is 0 Å². The first-order chi connectivity index (χ1) is 19.0. The number of benzene rings is 1. The summed E-state index contributed by atoms with van der Waals surface area (Å²) in [5.74, 6) is -3.50. The summed E-state index contributed by atoms with van der Waals surface area (Å²) in [5.41, 5.74) is 2.83. The minimum atomic E-state index is -3.74. The lowest BCUT2D eigenvalue weighted by atomic mass is 9.78. The molecule has 12 heteroatoms. The number of nitrogens with one attached hydrogen (secondary N) is 2. The zero-order valence-corrected chi connectivity index (χ0v) is 23.0. The van der Waals surface area contributed by atoms with Gasteiger partial charge < -0.3 is 20.1 Å². The van der Waals surface area contributed by atoms with E-state index in [1.165, 1.54) is 18.9 Å². The Morgan fingerprint density at radius 3 is 2.42 bits per heavy atom. The number of amides is 1. The molecule has 0 atom stereocenters. The van der Waals surface area contributed by atoms with E-state index in [1.807, 2.05) is 0 Å². The van der Waals surface area contributed by atoms with Gasteiger partial charge in [0.2, 0.25) is 15.9 Å². The third-order valence-corrected chi connectivity index (χ3v) is 10.3. The number of fused-ring (bicyclic) bond motifs is 2. The number of halogens is 2. The number of aliphatic hydroxyl groups is 1. The molecule has 4 aliphatic rings. The van der Waals surface area contributed by atoms with Gasteiger partial charge in [-0.3, -0.25) is 14.5 Å². The second kappa shape index (κ2) is 9.92. The molecule has 0 unspecified atom stereocenters. The number of aliphatic hydroxyl groups excluding tert-OH is 1. The molecular formula is C28H34F2N4O5S. The van der Waals surface area contributed by atoms with Gasteiger partial charge in [-0.25, -0.2) is 17.2 Å². The molecule has 0 bridgehead atoms. The van der Waals surface area contributed by atoms with Gasteiger partial charge in [0, 0.05) is 31.5 Å². The second-order valence-electron chi connectivity index (χ2n) is 11.7. The lowest BCUT2D eigenvalue weighted by Gasteiger charge is -2.37. The van der Waals surface area contributed by atoms with Crippen molar-refractivity contribution < 1.29 is 31.8 Å². The molecular weight excluding hydrogens is 542 g/mol. The predicted octanol–water partition coefficient (Wildman–Crippen LogP) is 4.38. The summed E-state index contributed by atoms with van der Waals surface area (Å²) in [6, 6.07) is 6.58. The van der Waals surface area contributed by atoms with Crippen LogP contribution in [0.1, 0.15) is 73.0 Å². The highest BCUT2D eigenvalue weighted by Gasteiger charge is 2.49. The van der Waals surface area contributed by atoms with Gasteiger partial charge in [0.1, 0.15) is 0 Å². The number of nitrogens with zero attached hydrogens (tertiary/aromatic N) is 2. The van der Waals surface area contributed by atoms with E-state index in [9.17, 15) is 22.0 Å². The average Bonchev–Trinajstić information content (AvgIpc) is 3.57. The van der Waals surface area contributed by atoms with Crippen molar-refractivity contribution in [1.29, 1.82) is 0 Å². The number of carbonyl (C=O) groups is 1. The summed E-state index contributed by atoms with van der Waals surface area (Å²) >= 11 is 0. The first-order valence-corrected chi connectivity index (χ1v) is 15.5. The summed E-state index contributed by atoms with van der Waals surface area (Å²) in [4.78, 5) is 20.2. The Balaban J connectivity index is 1.26. The molecule has 2 saturated carbocycles. The minimum Gasteiger partial charge on any atom is -0.395 e. The lowest BCUT2D eigenvalue weighted by Crippen LogP contribution is -2.36. The normalized spacial score (nSPS) is 22.2. The molecule has 1 aromatic heterocycles. The number of hydrogen-bond acceptors (Lipinski definition) is 7. The van der Waals surface area contributed by atoms with Crippen molar-refractivity contribution in [3.05, 3.63) is 47.3 Å². The summed E-state index contributed by atoms with van der Waals surface area (Å²) < 4.78 is 60.8. The Bertz CT molecular complexity index is 1410. The summed E-state index contributed by atoms with van der Waals surface area (Å²) in [6.07, 6.45) is 5.92. The minimum absolute atomic E-state index is 0.195. The fraction of sp³-hybridized carbons (Fsp3) is 0.571. The van der Waals surface area contributed by atoms with E-state index in [0.29, 0.717) is 33.7 Å². The van der Waals surface area contributed by atoms with Crippen molar-refractivity contribution in [3.63, 3.8) is 0 Å². The molecule has 1 amide bonds. The Morgan fingerprint density at radius 2 is 1.75 bits per heavy atom. The zero-order valence-electron chi connectivity index (χ0n) is 22.2. The Labute approximate surface area is 232 Å². The molecule has 3 heterocycles. The number of pyridine rings is 1. The van der Waals surface area contributed by atoms with Crippen LogP contribution < -0.4 is 14.9 Å². The van der Waals surface area contributed by atoms with Crippen LogP contribution in [0.4, 0.5) is 25.8 Å². The third-order valence-electron chi connectivity index (χ3n) is 8.99. The van der Waals surface area contributed by atoms with Gasteiger partial charge in [0.25, 0.3) is 5.91 Å². The van der Waals surface area contributed by atoms with Crippen LogP contribution in [-0.4, -0.2) is 55.8 Å². The van der Waals surface area contributed by atoms with Crippen molar-refractivity contribution in [1.82, 2.24) is 4.98 Å². The van der Waals surface area contributed by atoms with Crippen LogP contribution in [-0.2, 0) is 27.0 Å². The summed E-state index contributed by atoms with van der Waals surface area (Å²) in [5, 5.41) is 12.0. The van der Waals surface area contributed by atoms with Crippen molar-refractivity contribution in [2.45, 2.75) is 69.5 Å². The van der Waals surface area contributed by atoms with Crippen molar-refractivity contribution >= 4 is 33.0 Å². The van der Waals surface area contributed by atoms with Gasteiger partial charge in [-0.1, -0.05) is 0 Å². The lowest BCUT2D eigenvalue weighted by molar-refractivity contribution is -0.130. The van der Waals surface area contributed by atoms with E-state index in [1.54, 1.807) is 24.4 Å². The highest BCUT2D eigenvalue weighted by molar-refractivity contribution is 7.92. The summed E-state index contributed by atoms with van der Waals surface area (Å²) in [7, 11) is -3.74. The fourth-order valence-corrected chi connectivity index (χ4v) is 7.11. The van der Waals surface area contributed by atoms with Crippen molar-refractivity contribution in [2.24, 2.45) is 5.41 Å². The first-order valence-electron chi connectivity index (χ1n) is 13.8. The largest absolute Gasteiger partial charge is 0.395 e. The van der Waals surface area contributed by atoms with Crippen molar-refractivity contribution in [3.8, 4) is 0 Å². The van der Waals surface area contributed by atoms with E-state index < -0.39 is 33.9 Å². The van der Waals surface area contributed by atoms with E-state index in [2.05, 4.69) is 19.9 Å². The monoisotopic (exact) mass is 576 g/mol. The van der Waals surface area contributed by atoms with Crippen LogP contribution in [0.5, 0.6) is 0 Å². The molecule has 2 aliphatic heterocycles. The number of piperidine rings is 1. The number of anilines is 3. The Kier molecular flexibility index (Phi) is 6.78. The predicted molar refractivity (Wildman–Crippen MR) is 146 cm³/mol. The van der Waals surface area contributed by atoms with E-state index in [0.717, 1.165) is 31.5 Å². The van der Waals surface area contributed by atoms with Crippen molar-refractivity contribution in [2.75, 3.05) is 40.4 Å². The molecule has 9 nitrogen and oxygen atoms in total. The van der Waals surface area contributed by atoms with Crippen LogP contribution in [0.2, 0.25) is 0 Å². The highest BCUT2D eigenvalue weighted by Crippen LogP contribution is 2.54. The number of alkyl halides is 2. The van der Waals surface area contributed by atoms with Crippen LogP contribution in [0, 0.1) is 5.41 Å². The molecule has 0 radical (unpaired) electrons. The molecule has 3 fully saturated rings. The number of rotatable bonds is 7. The number of carbonyl (C=O) groups excluding carboxylic acids is 1. The van der Waals surface area contributed by atoms with Gasteiger partial charge in [-0.15, -0.1) is 0 Å². The van der Waals surface area contributed by atoms with Gasteiger partial charge in [0.15, 0.2) is 0 Å². The molecule has 3 N–H and O–H groups in total. The maximum Gasteiger partial charge on any atom is 0.257 e. The maximum atomic E-state index is 13.9. The van der Waals surface area contributed by atoms with E-state index >= 15 is 0 Å². The van der Waals surface area contributed by atoms with Gasteiger partial charge in [-0.2, -0.15) is 0 Å². The van der Waals surface area contributed by atoms with Crippen LogP contribution >= 0.6 is 0 Å². The summed E-state index contributed by atoms with van der Waals surface area (Å²) in [6.45, 7) is 1.28. The number of sulfonamides is 1. The molecule has 2 aromatic rings. The Morgan fingerprint density at radius 1 is 1.02 bits per heavy atom. The third kappa shape index (κ3) is 5.40. The zero-order chi connectivity index (χ0) is 28.2. The molecule has 1 aromatic carbocycles. The SMILES string of the molecule is O=C(Nc1cnc2c(c1)C1(CCC(F)(F)CC1)OC2)c1ccc(NS(=O)(=O)CCO)cc1N1CCC2(CC1)CC2. The smallest absolute Gasteiger partial charge is 0.257 e. The molecule has 2 aliphatic carbocycles. The van der Waals surface area contributed by atoms with Crippen LogP contribution in [0.15, 0.2) is 30.5 Å². The maximum absolute atomic E-state index is 13.9. The standard InChI is InChI=1S/C28H34F2N4O5S/c29-28(30)7-5-27(6-8-28)22-15-20(17-31-23(22)18-39-27)32-25(36)21-2-1-19(33-40(37,38)14-13-35)16-24(21)34-11-9-26(3-4-26)10-12-34/h1-2,15-17,33,35H,3-14,18H2,(H,32,36). The Hall–Kier alpha value is -2.83. The highest BCUT2D eigenvalue weighted by atomic mass is 32.2. The van der Waals surface area contributed by atoms with Gasteiger partial charge in [-0.05, 0) is 68.2 Å². The van der Waals surface area contributed by atoms with E-state index in [-0.39, 0.29) is 38.2 Å². The molecule has 40 heavy (non-hydrogen) atoms. The van der Waals surface area contributed by atoms with E-state index in [4.69, 9.17) is 9.84 Å². The fourth-order valence-electron chi connectivity index (χ4n) is 6.29. The molecule has 2 spiro atoms. The first kappa shape index (κ1) is 27.3. The van der Waals surface area contributed by atoms with Gasteiger partial charge >= 0.3 is 0 Å². The average molecular weight is 577 g/mol. The second-order valence-corrected chi connectivity index (χ2v) is 13.5. The van der Waals surface area contributed by atoms with Crippen LogP contribution in [0.3, 0.4) is 0 Å². The van der Waals surface area contributed by atoms with Gasteiger partial charge in [0.05, 0.1) is 59.1 Å². The molecule has 1 saturated heterocycles. The number of hydrogen-bond donors (Lipinski definition) is 3.